The molecule has 1 amide bonds. The van der Waals surface area contributed by atoms with Gasteiger partial charge in [-0.3, -0.25) is 4.79 Å². The Labute approximate surface area is 62.2 Å². The molecule has 11 heavy (non-hydrogen) atoms. The molecule has 0 fully saturated rings. The van der Waals surface area contributed by atoms with E-state index < -0.39 is 5.97 Å². The number of carboxylic acids is 1. The van der Waals surface area contributed by atoms with Gasteiger partial charge < -0.3 is 10.6 Å². The molecule has 1 heterocycles. The van der Waals surface area contributed by atoms with E-state index in [-0.39, 0.29) is 29.9 Å². The lowest BCUT2D eigenvalue weighted by Gasteiger charge is -2.06. The van der Waals surface area contributed by atoms with E-state index in [9.17, 15) is 9.59 Å². The molecule has 1 aliphatic heterocycles. The van der Waals surface area contributed by atoms with E-state index >= 15 is 0 Å². The van der Waals surface area contributed by atoms with Crippen molar-refractivity contribution in [3.05, 3.63) is 0 Å². The van der Waals surface area contributed by atoms with E-state index in [1.54, 1.807) is 0 Å². The zero-order chi connectivity index (χ0) is 7.56. The van der Waals surface area contributed by atoms with Crippen molar-refractivity contribution in [1.29, 1.82) is 0 Å². The first-order valence-corrected chi connectivity index (χ1v) is 2.79. The summed E-state index contributed by atoms with van der Waals surface area (Å²) in [6, 6.07) is 0. The van der Waals surface area contributed by atoms with Crippen LogP contribution in [0.5, 0.6) is 0 Å². The second-order valence-corrected chi connectivity index (χ2v) is 1.90. The number of aliphatic carboxylic acids is 1. The number of hydrogen-bond donors (Lipinski definition) is 2. The molecular weight excluding hydrogens is 152 g/mol. The molecule has 0 aromatic carbocycles. The Morgan fingerprint density at radius 3 is 2.55 bits per heavy atom. The summed E-state index contributed by atoms with van der Waals surface area (Å²) in [5, 5.41) is 11.7. The van der Waals surface area contributed by atoms with Gasteiger partial charge in [-0.15, -0.1) is 0 Å². The Morgan fingerprint density at radius 1 is 1.55 bits per heavy atom. The number of nitrogens with one attached hydrogen (secondary N) is 1. The number of carbonyl (C=O) groups excluding carboxylic acids is 1. The van der Waals surface area contributed by atoms with Gasteiger partial charge in [-0.25, -0.2) is 10.2 Å². The molecule has 62 valence electrons. The van der Waals surface area contributed by atoms with Crippen molar-refractivity contribution in [1.82, 2.24) is 5.43 Å². The van der Waals surface area contributed by atoms with Gasteiger partial charge in [0.25, 0.3) is 0 Å². The Kier molecular flexibility index (Phi) is 3.19. The van der Waals surface area contributed by atoms with Crippen LogP contribution in [-0.4, -0.2) is 28.2 Å². The highest BCUT2D eigenvalue weighted by molar-refractivity contribution is 6.36. The Hall–Kier alpha value is -1.43. The maximum absolute atomic E-state index is 10.4. The fourth-order valence-electron chi connectivity index (χ4n) is 0.628. The number of hydrogen-bond acceptors (Lipinski definition) is 3. The monoisotopic (exact) mass is 160 g/mol. The predicted octanol–water partition coefficient (Wildman–Crippen LogP) is -1.49. The van der Waals surface area contributed by atoms with Gasteiger partial charge in [-0.1, -0.05) is 0 Å². The highest BCUT2D eigenvalue weighted by Crippen LogP contribution is 1.98. The van der Waals surface area contributed by atoms with E-state index in [1.165, 1.54) is 0 Å². The maximum atomic E-state index is 10.4. The molecule has 0 saturated heterocycles. The fourth-order valence-corrected chi connectivity index (χ4v) is 0.628. The lowest BCUT2D eigenvalue weighted by molar-refractivity contribution is -0.129. The first kappa shape index (κ1) is 9.57. The van der Waals surface area contributed by atoms with Crippen molar-refractivity contribution in [3.8, 4) is 0 Å². The van der Waals surface area contributed by atoms with Gasteiger partial charge in [0.15, 0.2) is 0 Å². The van der Waals surface area contributed by atoms with Crippen molar-refractivity contribution in [2.24, 2.45) is 5.10 Å². The number of nitrogens with zero attached hydrogens (tertiary/aromatic N) is 1. The maximum Gasteiger partial charge on any atom is 0.352 e. The summed E-state index contributed by atoms with van der Waals surface area (Å²) in [5.41, 5.74) is 2.10. The zero-order valence-corrected chi connectivity index (χ0v) is 5.63. The van der Waals surface area contributed by atoms with Crippen molar-refractivity contribution in [2.45, 2.75) is 12.8 Å². The van der Waals surface area contributed by atoms with E-state index in [1.807, 2.05) is 0 Å². The average molecular weight is 160 g/mol. The molecule has 4 N–H and O–H groups in total. The van der Waals surface area contributed by atoms with E-state index in [2.05, 4.69) is 10.5 Å². The van der Waals surface area contributed by atoms with E-state index in [0.717, 1.165) is 0 Å². The van der Waals surface area contributed by atoms with Gasteiger partial charge in [-0.2, -0.15) is 5.10 Å². The van der Waals surface area contributed by atoms with E-state index in [0.29, 0.717) is 0 Å². The van der Waals surface area contributed by atoms with Crippen LogP contribution in [0.4, 0.5) is 0 Å². The molecular formula is C5H8N2O4. The van der Waals surface area contributed by atoms with Crippen LogP contribution in [-0.2, 0) is 9.59 Å². The summed E-state index contributed by atoms with van der Waals surface area (Å²) < 4.78 is 0. The van der Waals surface area contributed by atoms with Gasteiger partial charge in [-0.05, 0) is 0 Å². The third-order valence-electron chi connectivity index (χ3n) is 1.15. The summed E-state index contributed by atoms with van der Waals surface area (Å²) >= 11 is 0. The lowest BCUT2D eigenvalue weighted by atomic mass is 10.2. The molecule has 0 aliphatic carbocycles. The van der Waals surface area contributed by atoms with Crippen LogP contribution >= 0.6 is 0 Å². The molecule has 0 saturated carbocycles. The first-order valence-electron chi connectivity index (χ1n) is 2.79. The Balaban J connectivity index is 0.000001000. The second kappa shape index (κ2) is 3.67. The van der Waals surface area contributed by atoms with Crippen LogP contribution in [0.25, 0.3) is 0 Å². The van der Waals surface area contributed by atoms with Crippen LogP contribution in [0, 0.1) is 0 Å². The van der Waals surface area contributed by atoms with E-state index in [4.69, 9.17) is 5.11 Å². The SMILES string of the molecule is O.O=C1CCC(C(=O)O)=NN1. The predicted molar refractivity (Wildman–Crippen MR) is 36.1 cm³/mol. The zero-order valence-electron chi connectivity index (χ0n) is 5.63. The Morgan fingerprint density at radius 2 is 2.18 bits per heavy atom. The fraction of sp³-hybridized carbons (Fsp3) is 0.400. The third-order valence-corrected chi connectivity index (χ3v) is 1.15. The van der Waals surface area contributed by atoms with Crippen molar-refractivity contribution < 1.29 is 20.2 Å². The molecule has 0 aromatic heterocycles. The number of rotatable bonds is 1. The summed E-state index contributed by atoms with van der Waals surface area (Å²) in [6.07, 6.45) is 0.437. The highest BCUT2D eigenvalue weighted by Gasteiger charge is 2.16. The number of carbonyl (C=O) groups is 2. The summed E-state index contributed by atoms with van der Waals surface area (Å²) in [6.45, 7) is 0. The van der Waals surface area contributed by atoms with Crippen molar-refractivity contribution >= 4 is 17.6 Å². The number of hydrazone groups is 1. The molecule has 6 nitrogen and oxygen atoms in total. The van der Waals surface area contributed by atoms with Crippen LogP contribution < -0.4 is 5.43 Å². The highest BCUT2D eigenvalue weighted by atomic mass is 16.4. The second-order valence-electron chi connectivity index (χ2n) is 1.90. The molecule has 6 heteroatoms. The largest absolute Gasteiger partial charge is 0.477 e. The minimum Gasteiger partial charge on any atom is -0.477 e. The Bertz CT molecular complexity index is 211. The van der Waals surface area contributed by atoms with Gasteiger partial charge >= 0.3 is 5.97 Å². The summed E-state index contributed by atoms with van der Waals surface area (Å²) in [5.74, 6) is -1.30. The standard InChI is InChI=1S/C5H6N2O3.H2O/c8-4-2-1-3(5(9)10)6-7-4;/h1-2H2,(H,7,8)(H,9,10);1H2. The van der Waals surface area contributed by atoms with Gasteiger partial charge in [0.05, 0.1) is 0 Å². The summed E-state index contributed by atoms with van der Waals surface area (Å²) in [4.78, 5) is 20.6. The summed E-state index contributed by atoms with van der Waals surface area (Å²) in [7, 11) is 0. The number of amides is 1. The van der Waals surface area contributed by atoms with Gasteiger partial charge in [0.2, 0.25) is 5.91 Å². The van der Waals surface area contributed by atoms with Crippen LogP contribution in [0.15, 0.2) is 5.10 Å². The third kappa shape index (κ3) is 2.34. The van der Waals surface area contributed by atoms with Crippen molar-refractivity contribution in [3.63, 3.8) is 0 Å². The topological polar surface area (TPSA) is 110 Å². The normalized spacial score (nSPS) is 16.0. The lowest BCUT2D eigenvalue weighted by Crippen LogP contribution is -2.29. The molecule has 0 aromatic rings. The van der Waals surface area contributed by atoms with Gasteiger partial charge in [0, 0.05) is 12.8 Å². The quantitative estimate of drug-likeness (QED) is 0.487. The van der Waals surface area contributed by atoms with Gasteiger partial charge in [0.1, 0.15) is 5.71 Å². The molecule has 0 spiro atoms. The molecule has 0 bridgehead atoms. The minimum atomic E-state index is -1.07. The van der Waals surface area contributed by atoms with Crippen molar-refractivity contribution in [2.75, 3.05) is 0 Å². The molecule has 0 unspecified atom stereocenters. The van der Waals surface area contributed by atoms with Crippen LogP contribution in [0.2, 0.25) is 0 Å². The minimum absolute atomic E-state index is 0. The average Bonchev–Trinajstić information content (AvgIpc) is 1.88. The first-order chi connectivity index (χ1) is 4.70. The smallest absolute Gasteiger partial charge is 0.352 e. The number of carboxylic acid groups (broad SMARTS) is 1. The molecule has 1 aliphatic rings. The molecule has 0 atom stereocenters. The van der Waals surface area contributed by atoms with Crippen LogP contribution in [0.1, 0.15) is 12.8 Å². The van der Waals surface area contributed by atoms with Crippen LogP contribution in [0.3, 0.4) is 0 Å². The molecule has 0 radical (unpaired) electrons. The molecule has 1 rings (SSSR count).